The van der Waals surface area contributed by atoms with Crippen LogP contribution in [0.4, 0.5) is 0 Å². The van der Waals surface area contributed by atoms with Crippen molar-refractivity contribution < 1.29 is 5.79 Å². The number of furan rings is 1. The van der Waals surface area contributed by atoms with Crippen molar-refractivity contribution >= 4 is 32.7 Å². The molecule has 0 saturated heterocycles. The van der Waals surface area contributed by atoms with Gasteiger partial charge in [-0.05, 0) is 41.1 Å². The molecule has 5 aromatic rings. The summed E-state index contributed by atoms with van der Waals surface area (Å²) in [5, 5.41) is 4.49. The van der Waals surface area contributed by atoms with Crippen molar-refractivity contribution in [2.75, 3.05) is 0 Å². The lowest BCUT2D eigenvalue weighted by atomic mass is 10.00. The van der Waals surface area contributed by atoms with Crippen LogP contribution in [0.1, 0.15) is 26.7 Å². The third-order valence-electron chi connectivity index (χ3n) is 5.00. The highest BCUT2D eigenvalue weighted by atomic mass is 16.3. The molecule has 0 unspecified atom stereocenters. The lowest BCUT2D eigenvalue weighted by molar-refractivity contribution is 0.673. The molecule has 0 amide bonds. The van der Waals surface area contributed by atoms with Gasteiger partial charge in [0.1, 0.15) is 11.2 Å². The van der Waals surface area contributed by atoms with Crippen LogP contribution in [0.25, 0.3) is 44.0 Å². The molecule has 3 aromatic carbocycles. The van der Waals surface area contributed by atoms with E-state index in [4.69, 9.17) is 5.79 Å². The molecule has 0 aliphatic heterocycles. The highest BCUT2D eigenvalue weighted by molar-refractivity contribution is 6.17. The minimum Gasteiger partial charge on any atom is -0.455 e. The Bertz CT molecular complexity index is 1310. The van der Waals surface area contributed by atoms with E-state index in [1.165, 1.54) is 5.39 Å². The van der Waals surface area contributed by atoms with E-state index in [0.717, 1.165) is 44.1 Å². The number of fused-ring (bicyclic) bond motifs is 5. The summed E-state index contributed by atoms with van der Waals surface area (Å²) in [5.41, 5.74) is 4.48. The summed E-state index contributed by atoms with van der Waals surface area (Å²) < 4.78 is 14.7. The largest absolute Gasteiger partial charge is 0.455 e. The fourth-order valence-corrected chi connectivity index (χ4v) is 3.62. The van der Waals surface area contributed by atoms with Crippen molar-refractivity contribution in [1.82, 2.24) is 4.98 Å². The normalized spacial score (nSPS) is 12.8. The third kappa shape index (κ3) is 2.22. The van der Waals surface area contributed by atoms with E-state index >= 15 is 0 Å². The fraction of sp³-hybridized carbons (Fsp3) is 0.125. The molecule has 2 nitrogen and oxygen atoms in total. The first kappa shape index (κ1) is 14.1. The first-order valence-electron chi connectivity index (χ1n) is 9.32. The molecule has 0 aliphatic carbocycles. The predicted octanol–water partition coefficient (Wildman–Crippen LogP) is 6.92. The van der Waals surface area contributed by atoms with Crippen LogP contribution in [0.5, 0.6) is 0 Å². The summed E-state index contributed by atoms with van der Waals surface area (Å²) in [5.74, 6) is -0.671. The van der Waals surface area contributed by atoms with Crippen molar-refractivity contribution in [3.63, 3.8) is 0 Å². The van der Waals surface area contributed by atoms with Crippen LogP contribution in [0, 0.1) is 0 Å². The molecule has 2 heteroatoms. The summed E-state index contributed by atoms with van der Waals surface area (Å²) in [7, 11) is 0. The first-order valence-corrected chi connectivity index (χ1v) is 8.82. The van der Waals surface area contributed by atoms with E-state index in [1.807, 2.05) is 50.2 Å². The molecule has 5 rings (SSSR count). The summed E-state index contributed by atoms with van der Waals surface area (Å²) in [6, 6.07) is 22.6. The van der Waals surface area contributed by atoms with Gasteiger partial charge in [-0.3, -0.25) is 4.98 Å². The second kappa shape index (κ2) is 5.70. The first-order chi connectivity index (χ1) is 13.0. The molecule has 0 atom stereocenters. The Hall–Kier alpha value is -3.13. The fourth-order valence-electron chi connectivity index (χ4n) is 3.62. The zero-order chi connectivity index (χ0) is 18.6. The van der Waals surface area contributed by atoms with Crippen LogP contribution in [0.3, 0.4) is 0 Å². The van der Waals surface area contributed by atoms with E-state index in [2.05, 4.69) is 35.3 Å². The van der Waals surface area contributed by atoms with Crippen molar-refractivity contribution in [2.24, 2.45) is 0 Å². The van der Waals surface area contributed by atoms with Crippen LogP contribution in [0.15, 0.2) is 77.3 Å². The van der Waals surface area contributed by atoms with Crippen LogP contribution < -0.4 is 0 Å². The number of hydrogen-bond donors (Lipinski definition) is 0. The lowest BCUT2D eigenvalue weighted by Crippen LogP contribution is -1.90. The van der Waals surface area contributed by atoms with E-state index in [-0.39, 0.29) is 0 Å². The number of rotatable bonds is 2. The average Bonchev–Trinajstić information content (AvgIpc) is 3.07. The maximum absolute atomic E-state index is 8.32. The molecule has 2 aromatic heterocycles. The Morgan fingerprint density at radius 3 is 2.54 bits per heavy atom. The van der Waals surface area contributed by atoms with Gasteiger partial charge in [0.05, 0.1) is 5.69 Å². The molecule has 0 spiro atoms. The minimum absolute atomic E-state index is 0.671. The van der Waals surface area contributed by atoms with Gasteiger partial charge in [-0.1, -0.05) is 56.3 Å². The Morgan fingerprint density at radius 2 is 1.65 bits per heavy atom. The van der Waals surface area contributed by atoms with Crippen molar-refractivity contribution in [1.29, 1.82) is 0 Å². The Morgan fingerprint density at radius 1 is 0.846 bits per heavy atom. The zero-order valence-corrected chi connectivity index (χ0v) is 14.8. The Labute approximate surface area is 153 Å². The quantitative estimate of drug-likeness (QED) is 0.349. The third-order valence-corrected chi connectivity index (χ3v) is 5.00. The van der Waals surface area contributed by atoms with Crippen molar-refractivity contribution in [3.8, 4) is 11.3 Å². The molecule has 0 bridgehead atoms. The monoisotopic (exact) mass is 338 g/mol. The van der Waals surface area contributed by atoms with Crippen LogP contribution in [-0.2, 0) is 0 Å². The number of pyridine rings is 1. The lowest BCUT2D eigenvalue weighted by Gasteiger charge is -2.07. The van der Waals surface area contributed by atoms with Crippen LogP contribution in [0.2, 0.25) is 0 Å². The van der Waals surface area contributed by atoms with Gasteiger partial charge >= 0.3 is 0 Å². The zero-order valence-electron chi connectivity index (χ0n) is 15.8. The smallest absolute Gasteiger partial charge is 0.144 e. The van der Waals surface area contributed by atoms with E-state index in [0.29, 0.717) is 0 Å². The van der Waals surface area contributed by atoms with Gasteiger partial charge in [-0.25, -0.2) is 0 Å². The van der Waals surface area contributed by atoms with E-state index in [9.17, 15) is 0 Å². The number of benzene rings is 3. The molecular weight excluding hydrogens is 318 g/mol. The van der Waals surface area contributed by atoms with E-state index in [1.54, 1.807) is 6.20 Å². The summed E-state index contributed by atoms with van der Waals surface area (Å²) in [6.07, 6.45) is 1.78. The molecule has 2 heterocycles. The predicted molar refractivity (Wildman–Crippen MR) is 109 cm³/mol. The number of nitrogens with zero attached hydrogens (tertiary/aromatic N) is 1. The number of para-hydroxylation sites is 1. The maximum atomic E-state index is 8.32. The SMILES string of the molecule is [2H]C(C)(C)c1ccnc(-c2cccc3c2oc2c4ccccc4ccc32)c1. The molecular formula is C24H19NO. The molecule has 126 valence electrons. The van der Waals surface area contributed by atoms with Crippen molar-refractivity contribution in [3.05, 3.63) is 78.5 Å². The minimum atomic E-state index is -0.671. The van der Waals surface area contributed by atoms with Crippen molar-refractivity contribution in [2.45, 2.75) is 19.7 Å². The highest BCUT2D eigenvalue weighted by Gasteiger charge is 2.15. The highest BCUT2D eigenvalue weighted by Crippen LogP contribution is 2.38. The average molecular weight is 338 g/mol. The number of hydrogen-bond acceptors (Lipinski definition) is 2. The van der Waals surface area contributed by atoms with Gasteiger partial charge in [0, 0.05) is 29.3 Å². The second-order valence-electron chi connectivity index (χ2n) is 6.88. The topological polar surface area (TPSA) is 26.0 Å². The summed E-state index contributed by atoms with van der Waals surface area (Å²) in [4.78, 5) is 4.56. The summed E-state index contributed by atoms with van der Waals surface area (Å²) >= 11 is 0. The van der Waals surface area contributed by atoms with Gasteiger partial charge < -0.3 is 4.42 Å². The van der Waals surface area contributed by atoms with E-state index < -0.39 is 5.89 Å². The number of aromatic nitrogens is 1. The molecule has 0 fully saturated rings. The van der Waals surface area contributed by atoms with Gasteiger partial charge in [0.15, 0.2) is 0 Å². The molecule has 0 N–H and O–H groups in total. The molecule has 0 radical (unpaired) electrons. The Balaban J connectivity index is 1.83. The second-order valence-corrected chi connectivity index (χ2v) is 6.88. The standard InChI is InChI=1S/C24H19NO/c1-15(2)17-12-13-25-22(14-17)21-9-5-8-19-20-11-10-16-6-3-4-7-18(16)23(20)26-24(19)21/h3-15H,1-2H3/i15D. The van der Waals surface area contributed by atoms with Gasteiger partial charge in [0.2, 0.25) is 0 Å². The summed E-state index contributed by atoms with van der Waals surface area (Å²) in [6.45, 7) is 3.78. The molecule has 0 aliphatic rings. The Kier molecular flexibility index (Phi) is 3.09. The molecule has 26 heavy (non-hydrogen) atoms. The van der Waals surface area contributed by atoms with Gasteiger partial charge in [0.25, 0.3) is 0 Å². The maximum Gasteiger partial charge on any atom is 0.144 e. The molecule has 0 saturated carbocycles. The van der Waals surface area contributed by atoms with Gasteiger partial charge in [-0.2, -0.15) is 0 Å². The van der Waals surface area contributed by atoms with Crippen LogP contribution >= 0.6 is 0 Å². The van der Waals surface area contributed by atoms with Crippen LogP contribution in [-0.4, -0.2) is 4.98 Å². The van der Waals surface area contributed by atoms with Gasteiger partial charge in [-0.15, -0.1) is 0 Å².